The van der Waals surface area contributed by atoms with Crippen LogP contribution in [-0.4, -0.2) is 34.0 Å². The molecule has 5 heteroatoms. The molecule has 0 radical (unpaired) electrons. The number of likely N-dealkylation sites (tertiary alicyclic amines) is 1. The first kappa shape index (κ1) is 22.3. The molecule has 3 aromatic rings. The first-order chi connectivity index (χ1) is 15.2. The average Bonchev–Trinajstić information content (AvgIpc) is 3.29. The number of carbonyl (C=O) groups is 1. The van der Waals surface area contributed by atoms with Gasteiger partial charge in [0.05, 0.1) is 5.92 Å². The summed E-state index contributed by atoms with van der Waals surface area (Å²) in [7, 11) is 0. The molecule has 0 unspecified atom stereocenters. The highest BCUT2D eigenvalue weighted by Crippen LogP contribution is 2.29. The van der Waals surface area contributed by atoms with Crippen molar-refractivity contribution in [3.63, 3.8) is 0 Å². The summed E-state index contributed by atoms with van der Waals surface area (Å²) in [4.78, 5) is 19.7. The van der Waals surface area contributed by atoms with Gasteiger partial charge in [-0.1, -0.05) is 76.2 Å². The van der Waals surface area contributed by atoms with E-state index in [4.69, 9.17) is 4.52 Å². The molecule has 1 aromatic heterocycles. The van der Waals surface area contributed by atoms with Gasteiger partial charge in [-0.25, -0.2) is 0 Å². The Morgan fingerprint density at radius 1 is 1.06 bits per heavy atom. The van der Waals surface area contributed by atoms with Gasteiger partial charge in [0.15, 0.2) is 0 Å². The minimum absolute atomic E-state index is 0.0673. The van der Waals surface area contributed by atoms with Crippen molar-refractivity contribution in [2.24, 2.45) is 0 Å². The quantitative estimate of drug-likeness (QED) is 0.495. The highest BCUT2D eigenvalue weighted by molar-refractivity contribution is 5.94. The van der Waals surface area contributed by atoms with Crippen LogP contribution in [0.15, 0.2) is 53.1 Å². The smallest absolute Gasteiger partial charge is 0.253 e. The molecule has 1 amide bonds. The van der Waals surface area contributed by atoms with Gasteiger partial charge in [0.1, 0.15) is 0 Å². The van der Waals surface area contributed by atoms with E-state index in [9.17, 15) is 4.79 Å². The number of hydrogen-bond acceptors (Lipinski definition) is 4. The molecule has 1 aliphatic rings. The number of hydrogen-bond donors (Lipinski definition) is 0. The molecule has 1 saturated heterocycles. The number of rotatable bonds is 4. The van der Waals surface area contributed by atoms with Crippen molar-refractivity contribution in [3.8, 4) is 11.4 Å². The number of aromatic nitrogens is 2. The van der Waals surface area contributed by atoms with Crippen LogP contribution in [0.25, 0.3) is 11.4 Å². The van der Waals surface area contributed by atoms with Crippen molar-refractivity contribution in [1.29, 1.82) is 0 Å². The van der Waals surface area contributed by atoms with E-state index in [1.54, 1.807) is 0 Å². The molecular weight excluding hydrogens is 398 g/mol. The van der Waals surface area contributed by atoms with Gasteiger partial charge in [-0.15, -0.1) is 0 Å². The van der Waals surface area contributed by atoms with Crippen LogP contribution >= 0.6 is 0 Å². The summed E-state index contributed by atoms with van der Waals surface area (Å²) >= 11 is 0. The summed E-state index contributed by atoms with van der Waals surface area (Å²) in [5.41, 5.74) is 4.27. The molecule has 0 saturated carbocycles. The van der Waals surface area contributed by atoms with Crippen LogP contribution in [-0.2, 0) is 5.41 Å². The molecule has 2 heterocycles. The van der Waals surface area contributed by atoms with Crippen LogP contribution in [0.3, 0.4) is 0 Å². The topological polar surface area (TPSA) is 59.2 Å². The summed E-state index contributed by atoms with van der Waals surface area (Å²) in [6.45, 7) is 12.2. The average molecular weight is 432 g/mol. The zero-order valence-electron chi connectivity index (χ0n) is 19.8. The number of carbonyl (C=O) groups excluding carboxylic acids is 1. The van der Waals surface area contributed by atoms with Gasteiger partial charge in [-0.3, -0.25) is 4.79 Å². The van der Waals surface area contributed by atoms with Gasteiger partial charge in [0.25, 0.3) is 5.91 Å². The standard InChI is InChI=1S/C27H33N3O2/c1-18(2)19-8-10-20(11-9-19)24-28-25(32-29-24)22-7-6-16-30(17-22)26(31)21-12-14-23(15-13-21)27(3,4)5/h8-15,18,22H,6-7,16-17H2,1-5H3/t22-/m1/s1. The van der Waals surface area contributed by atoms with Crippen LogP contribution in [0.1, 0.15) is 86.7 Å². The summed E-state index contributed by atoms with van der Waals surface area (Å²) < 4.78 is 5.62. The monoisotopic (exact) mass is 431 g/mol. The van der Waals surface area contributed by atoms with E-state index in [0.29, 0.717) is 24.2 Å². The SMILES string of the molecule is CC(C)c1ccc(-c2noc([C@@H]3CCCN(C(=O)c4ccc(C(C)(C)C)cc4)C3)n2)cc1. The predicted molar refractivity (Wildman–Crippen MR) is 127 cm³/mol. The Bertz CT molecular complexity index is 1060. The fourth-order valence-corrected chi connectivity index (χ4v) is 4.19. The van der Waals surface area contributed by atoms with Gasteiger partial charge < -0.3 is 9.42 Å². The van der Waals surface area contributed by atoms with E-state index in [1.165, 1.54) is 11.1 Å². The minimum Gasteiger partial charge on any atom is -0.339 e. The second-order valence-electron chi connectivity index (χ2n) is 10.2. The third kappa shape index (κ3) is 4.77. The Hall–Kier alpha value is -2.95. The van der Waals surface area contributed by atoms with E-state index in [2.05, 4.69) is 69.0 Å². The first-order valence-electron chi connectivity index (χ1n) is 11.6. The molecule has 4 rings (SSSR count). The molecule has 1 fully saturated rings. The van der Waals surface area contributed by atoms with Gasteiger partial charge in [0.2, 0.25) is 11.7 Å². The molecule has 168 valence electrons. The third-order valence-corrected chi connectivity index (χ3v) is 6.33. The molecule has 1 aliphatic heterocycles. The van der Waals surface area contributed by atoms with E-state index < -0.39 is 0 Å². The zero-order valence-corrected chi connectivity index (χ0v) is 19.8. The molecule has 32 heavy (non-hydrogen) atoms. The predicted octanol–water partition coefficient (Wildman–Crippen LogP) is 6.18. The Morgan fingerprint density at radius 3 is 2.38 bits per heavy atom. The van der Waals surface area contributed by atoms with Crippen molar-refractivity contribution in [2.75, 3.05) is 13.1 Å². The summed E-state index contributed by atoms with van der Waals surface area (Å²) in [6, 6.07) is 16.3. The van der Waals surface area contributed by atoms with E-state index in [1.807, 2.05) is 29.2 Å². The van der Waals surface area contributed by atoms with E-state index >= 15 is 0 Å². The highest BCUT2D eigenvalue weighted by atomic mass is 16.5. The maximum absolute atomic E-state index is 13.1. The number of benzene rings is 2. The number of amides is 1. The van der Waals surface area contributed by atoms with Gasteiger partial charge in [-0.2, -0.15) is 4.98 Å². The highest BCUT2D eigenvalue weighted by Gasteiger charge is 2.29. The molecule has 0 N–H and O–H groups in total. The van der Waals surface area contributed by atoms with Crippen molar-refractivity contribution >= 4 is 5.91 Å². The lowest BCUT2D eigenvalue weighted by Crippen LogP contribution is -2.39. The molecule has 0 aliphatic carbocycles. The number of nitrogens with zero attached hydrogens (tertiary/aromatic N) is 3. The van der Waals surface area contributed by atoms with Crippen molar-refractivity contribution < 1.29 is 9.32 Å². The van der Waals surface area contributed by atoms with Crippen LogP contribution < -0.4 is 0 Å². The molecule has 2 aromatic carbocycles. The Balaban J connectivity index is 1.45. The Morgan fingerprint density at radius 2 is 1.75 bits per heavy atom. The lowest BCUT2D eigenvalue weighted by Gasteiger charge is -2.31. The van der Waals surface area contributed by atoms with Gasteiger partial charge >= 0.3 is 0 Å². The summed E-state index contributed by atoms with van der Waals surface area (Å²) in [6.07, 6.45) is 1.87. The second kappa shape index (κ2) is 8.89. The largest absolute Gasteiger partial charge is 0.339 e. The Labute approximate surface area is 190 Å². The first-order valence-corrected chi connectivity index (χ1v) is 11.6. The van der Waals surface area contributed by atoms with Gasteiger partial charge in [0, 0.05) is 24.2 Å². The zero-order chi connectivity index (χ0) is 22.9. The van der Waals surface area contributed by atoms with Crippen LogP contribution in [0, 0.1) is 0 Å². The van der Waals surface area contributed by atoms with Gasteiger partial charge in [-0.05, 0) is 47.4 Å². The second-order valence-corrected chi connectivity index (χ2v) is 10.2. The molecule has 0 bridgehead atoms. The summed E-state index contributed by atoms with van der Waals surface area (Å²) in [5, 5.41) is 4.21. The van der Waals surface area contributed by atoms with E-state index in [-0.39, 0.29) is 17.2 Å². The molecular formula is C27H33N3O2. The number of piperidine rings is 1. The van der Waals surface area contributed by atoms with Crippen molar-refractivity contribution in [3.05, 3.63) is 71.1 Å². The maximum atomic E-state index is 13.1. The maximum Gasteiger partial charge on any atom is 0.253 e. The fourth-order valence-electron chi connectivity index (χ4n) is 4.19. The lowest BCUT2D eigenvalue weighted by atomic mass is 9.86. The minimum atomic E-state index is 0.0673. The molecule has 1 atom stereocenters. The normalized spacial score (nSPS) is 17.1. The van der Waals surface area contributed by atoms with E-state index in [0.717, 1.165) is 30.5 Å². The van der Waals surface area contributed by atoms with Crippen molar-refractivity contribution in [2.45, 2.75) is 64.7 Å². The summed E-state index contributed by atoms with van der Waals surface area (Å²) in [5.74, 6) is 1.85. The Kier molecular flexibility index (Phi) is 6.18. The third-order valence-electron chi connectivity index (χ3n) is 6.33. The van der Waals surface area contributed by atoms with Crippen LogP contribution in [0.5, 0.6) is 0 Å². The molecule has 0 spiro atoms. The van der Waals surface area contributed by atoms with Crippen LogP contribution in [0.2, 0.25) is 0 Å². The molecule has 5 nitrogen and oxygen atoms in total. The van der Waals surface area contributed by atoms with Crippen LogP contribution in [0.4, 0.5) is 0 Å². The fraction of sp³-hybridized carbons (Fsp3) is 0.444. The lowest BCUT2D eigenvalue weighted by molar-refractivity contribution is 0.0695. The van der Waals surface area contributed by atoms with Crippen molar-refractivity contribution in [1.82, 2.24) is 15.0 Å².